The van der Waals surface area contributed by atoms with Gasteiger partial charge in [0.05, 0.1) is 5.60 Å². The number of aliphatic hydroxyl groups is 1. The maximum atomic E-state index is 11.1. The van der Waals surface area contributed by atoms with Crippen LogP contribution in [0.2, 0.25) is 0 Å². The first-order valence-electron chi connectivity index (χ1n) is 8.76. The van der Waals surface area contributed by atoms with E-state index in [9.17, 15) is 5.11 Å². The van der Waals surface area contributed by atoms with Crippen molar-refractivity contribution in [1.82, 2.24) is 0 Å². The van der Waals surface area contributed by atoms with E-state index in [1.54, 1.807) is 0 Å². The van der Waals surface area contributed by atoms with Crippen LogP contribution in [-0.2, 0) is 0 Å². The molecule has 4 atom stereocenters. The van der Waals surface area contributed by atoms with Crippen molar-refractivity contribution in [1.29, 1.82) is 0 Å². The van der Waals surface area contributed by atoms with Crippen LogP contribution in [0.15, 0.2) is 0 Å². The van der Waals surface area contributed by atoms with Crippen molar-refractivity contribution >= 4 is 0 Å². The minimum atomic E-state index is -0.329. The molecule has 3 fully saturated rings. The minimum absolute atomic E-state index is 0.218. The van der Waals surface area contributed by atoms with Gasteiger partial charge in [-0.25, -0.2) is 0 Å². The maximum absolute atomic E-state index is 11.1. The molecule has 0 amide bonds. The molecule has 0 aromatic carbocycles. The van der Waals surface area contributed by atoms with Gasteiger partial charge in [-0.1, -0.05) is 46.0 Å². The predicted octanol–water partition coefficient (Wildman–Crippen LogP) is 4.92. The quantitative estimate of drug-likeness (QED) is 0.750. The van der Waals surface area contributed by atoms with Gasteiger partial charge in [0.15, 0.2) is 0 Å². The van der Waals surface area contributed by atoms with E-state index in [2.05, 4.69) is 13.8 Å². The lowest BCUT2D eigenvalue weighted by Crippen LogP contribution is -2.49. The summed E-state index contributed by atoms with van der Waals surface area (Å²) in [7, 11) is 0. The lowest BCUT2D eigenvalue weighted by molar-refractivity contribution is -0.114. The fourth-order valence-electron chi connectivity index (χ4n) is 5.51. The Balaban J connectivity index is 1.62. The molecular weight excluding hydrogens is 232 g/mol. The fraction of sp³-hybridized carbons (Fsp3) is 1.00. The van der Waals surface area contributed by atoms with E-state index in [1.807, 2.05) is 0 Å². The monoisotopic (exact) mass is 264 g/mol. The molecule has 1 N–H and O–H groups in total. The molecule has 1 nitrogen and oxygen atoms in total. The van der Waals surface area contributed by atoms with Crippen LogP contribution in [0.5, 0.6) is 0 Å². The summed E-state index contributed by atoms with van der Waals surface area (Å²) in [5.74, 6) is 2.50. The molecule has 0 aromatic heterocycles. The van der Waals surface area contributed by atoms with Gasteiger partial charge in [0.25, 0.3) is 0 Å². The average molecular weight is 264 g/mol. The third-order valence-electron chi connectivity index (χ3n) is 7.23. The van der Waals surface area contributed by atoms with Crippen LogP contribution in [0, 0.1) is 23.2 Å². The van der Waals surface area contributed by atoms with Gasteiger partial charge in [-0.3, -0.25) is 0 Å². The van der Waals surface area contributed by atoms with Crippen molar-refractivity contribution in [3.63, 3.8) is 0 Å². The molecule has 0 spiro atoms. The van der Waals surface area contributed by atoms with E-state index in [-0.39, 0.29) is 11.0 Å². The van der Waals surface area contributed by atoms with Crippen LogP contribution in [0.25, 0.3) is 0 Å². The maximum Gasteiger partial charge on any atom is 0.0706 e. The molecule has 0 aliphatic heterocycles. The van der Waals surface area contributed by atoms with Crippen molar-refractivity contribution in [2.45, 2.75) is 90.1 Å². The van der Waals surface area contributed by atoms with Crippen molar-refractivity contribution in [2.75, 3.05) is 0 Å². The predicted molar refractivity (Wildman–Crippen MR) is 80.0 cm³/mol. The number of hydrogen-bond acceptors (Lipinski definition) is 1. The van der Waals surface area contributed by atoms with E-state index in [0.717, 1.165) is 24.7 Å². The second kappa shape index (κ2) is 5.06. The average Bonchev–Trinajstić information content (AvgIpc) is 2.64. The standard InChI is InChI=1S/C18H32O/c1-14-8-11-18(19)13-16(9-10-17(14,18)2)12-15-6-4-3-5-7-15/h14-16,19H,3-13H2,1-2H3. The van der Waals surface area contributed by atoms with Gasteiger partial charge < -0.3 is 5.11 Å². The summed E-state index contributed by atoms with van der Waals surface area (Å²) < 4.78 is 0. The van der Waals surface area contributed by atoms with E-state index >= 15 is 0 Å². The Morgan fingerprint density at radius 3 is 2.42 bits per heavy atom. The molecule has 0 radical (unpaired) electrons. The van der Waals surface area contributed by atoms with E-state index in [1.165, 1.54) is 57.8 Å². The third-order valence-corrected chi connectivity index (χ3v) is 7.23. The normalized spacial score (nSPS) is 48.2. The van der Waals surface area contributed by atoms with Crippen molar-refractivity contribution in [3.05, 3.63) is 0 Å². The zero-order valence-electron chi connectivity index (χ0n) is 13.0. The molecule has 0 saturated heterocycles. The van der Waals surface area contributed by atoms with Crippen LogP contribution in [0.3, 0.4) is 0 Å². The SMILES string of the molecule is CC1CCC2(O)CC(CC3CCCCC3)CCC12C. The zero-order valence-corrected chi connectivity index (χ0v) is 13.0. The van der Waals surface area contributed by atoms with Gasteiger partial charge in [-0.05, 0) is 61.7 Å². The first kappa shape index (κ1) is 13.9. The smallest absolute Gasteiger partial charge is 0.0706 e. The minimum Gasteiger partial charge on any atom is -0.389 e. The van der Waals surface area contributed by atoms with E-state index < -0.39 is 0 Å². The Bertz CT molecular complexity index is 320. The number of fused-ring (bicyclic) bond motifs is 1. The summed E-state index contributed by atoms with van der Waals surface area (Å²) in [6.07, 6.45) is 14.7. The van der Waals surface area contributed by atoms with Gasteiger partial charge in [0.2, 0.25) is 0 Å². The highest BCUT2D eigenvalue weighted by atomic mass is 16.3. The topological polar surface area (TPSA) is 20.2 Å². The summed E-state index contributed by atoms with van der Waals surface area (Å²) in [4.78, 5) is 0. The molecule has 0 aromatic rings. The van der Waals surface area contributed by atoms with Crippen molar-refractivity contribution < 1.29 is 5.11 Å². The van der Waals surface area contributed by atoms with Crippen LogP contribution in [-0.4, -0.2) is 10.7 Å². The second-order valence-electron chi connectivity index (χ2n) is 8.24. The first-order chi connectivity index (χ1) is 9.03. The van der Waals surface area contributed by atoms with E-state index in [4.69, 9.17) is 0 Å². The lowest BCUT2D eigenvalue weighted by Gasteiger charge is -2.49. The summed E-state index contributed by atoms with van der Waals surface area (Å²) in [5.41, 5.74) is -0.111. The highest BCUT2D eigenvalue weighted by molar-refractivity contribution is 5.08. The van der Waals surface area contributed by atoms with Gasteiger partial charge in [-0.15, -0.1) is 0 Å². The molecule has 4 unspecified atom stereocenters. The Morgan fingerprint density at radius 1 is 0.947 bits per heavy atom. The molecular formula is C18H32O. The third kappa shape index (κ3) is 2.37. The Morgan fingerprint density at radius 2 is 1.68 bits per heavy atom. The Hall–Kier alpha value is -0.0400. The zero-order chi connectivity index (χ0) is 13.5. The Labute approximate surface area is 119 Å². The number of hydrogen-bond donors (Lipinski definition) is 1. The van der Waals surface area contributed by atoms with Gasteiger partial charge in [0, 0.05) is 0 Å². The Kier molecular flexibility index (Phi) is 3.71. The first-order valence-corrected chi connectivity index (χ1v) is 8.76. The second-order valence-corrected chi connectivity index (χ2v) is 8.24. The highest BCUT2D eigenvalue weighted by Crippen LogP contribution is 2.59. The molecule has 0 bridgehead atoms. The van der Waals surface area contributed by atoms with Gasteiger partial charge in [0.1, 0.15) is 0 Å². The molecule has 110 valence electrons. The summed E-state index contributed by atoms with van der Waals surface area (Å²) in [5, 5.41) is 11.1. The van der Waals surface area contributed by atoms with Gasteiger partial charge >= 0.3 is 0 Å². The largest absolute Gasteiger partial charge is 0.389 e. The molecule has 3 saturated carbocycles. The van der Waals surface area contributed by atoms with Crippen LogP contribution in [0.1, 0.15) is 84.5 Å². The molecule has 3 rings (SSSR count). The molecule has 19 heavy (non-hydrogen) atoms. The molecule has 1 heteroatoms. The summed E-state index contributed by atoms with van der Waals surface area (Å²) in [6, 6.07) is 0. The molecule has 3 aliphatic carbocycles. The van der Waals surface area contributed by atoms with Crippen molar-refractivity contribution in [2.24, 2.45) is 23.2 Å². The highest BCUT2D eigenvalue weighted by Gasteiger charge is 2.57. The van der Waals surface area contributed by atoms with Crippen LogP contribution < -0.4 is 0 Å². The fourth-order valence-corrected chi connectivity index (χ4v) is 5.51. The van der Waals surface area contributed by atoms with Crippen LogP contribution in [0.4, 0.5) is 0 Å². The number of rotatable bonds is 2. The van der Waals surface area contributed by atoms with E-state index in [0.29, 0.717) is 5.92 Å². The lowest BCUT2D eigenvalue weighted by atomic mass is 9.59. The summed E-state index contributed by atoms with van der Waals surface area (Å²) in [6.45, 7) is 4.72. The molecule has 0 heterocycles. The van der Waals surface area contributed by atoms with Gasteiger partial charge in [-0.2, -0.15) is 0 Å². The molecule has 3 aliphatic rings. The van der Waals surface area contributed by atoms with Crippen LogP contribution >= 0.6 is 0 Å². The van der Waals surface area contributed by atoms with Crippen molar-refractivity contribution in [3.8, 4) is 0 Å². The summed E-state index contributed by atoms with van der Waals surface area (Å²) >= 11 is 0.